The predicted octanol–water partition coefficient (Wildman–Crippen LogP) is 1.98. The highest BCUT2D eigenvalue weighted by molar-refractivity contribution is 5.94. The second-order valence-electron chi connectivity index (χ2n) is 7.53. The first-order chi connectivity index (χ1) is 14.7. The smallest absolute Gasteiger partial charge is 0.329 e. The van der Waals surface area contributed by atoms with E-state index >= 15 is 0 Å². The van der Waals surface area contributed by atoms with Gasteiger partial charge >= 0.3 is 5.69 Å². The standard InChI is InChI=1S/C19H25FN8O3/c1-12(2)22-17-16(28(30)31)11-21-19(24-17)23-15-5-4-13(10-14(15)20)18(29)25-27-8-6-26(3)7-9-27/h4-5,10-12H,6-9H2,1-3H3,(H,25,29)(H2,21,22,23,24). The number of carbonyl (C=O) groups is 1. The Balaban J connectivity index is 1.71. The van der Waals surface area contributed by atoms with Crippen LogP contribution in [0.2, 0.25) is 0 Å². The van der Waals surface area contributed by atoms with E-state index < -0.39 is 16.6 Å². The van der Waals surface area contributed by atoms with Crippen molar-refractivity contribution < 1.29 is 14.1 Å². The minimum atomic E-state index is -0.675. The molecule has 0 saturated carbocycles. The van der Waals surface area contributed by atoms with Gasteiger partial charge in [0.25, 0.3) is 5.91 Å². The van der Waals surface area contributed by atoms with Gasteiger partial charge in [-0.05, 0) is 39.1 Å². The van der Waals surface area contributed by atoms with Crippen LogP contribution >= 0.6 is 0 Å². The minimum absolute atomic E-state index is 0.0118. The van der Waals surface area contributed by atoms with Crippen LogP contribution in [-0.2, 0) is 0 Å². The Morgan fingerprint density at radius 3 is 2.58 bits per heavy atom. The van der Waals surface area contributed by atoms with E-state index in [2.05, 4.69) is 30.9 Å². The molecule has 0 bridgehead atoms. The summed E-state index contributed by atoms with van der Waals surface area (Å²) in [5, 5.41) is 18.5. The highest BCUT2D eigenvalue weighted by Gasteiger charge is 2.20. The minimum Gasteiger partial charge on any atom is -0.362 e. The third-order valence-corrected chi connectivity index (χ3v) is 4.63. The van der Waals surface area contributed by atoms with Crippen LogP contribution < -0.4 is 16.1 Å². The molecule has 0 aliphatic carbocycles. The maximum absolute atomic E-state index is 14.6. The largest absolute Gasteiger partial charge is 0.362 e. The Labute approximate surface area is 178 Å². The summed E-state index contributed by atoms with van der Waals surface area (Å²) in [6.45, 7) is 6.67. The van der Waals surface area contributed by atoms with Crippen molar-refractivity contribution in [2.24, 2.45) is 0 Å². The molecule has 1 saturated heterocycles. The summed E-state index contributed by atoms with van der Waals surface area (Å²) in [7, 11) is 2.01. The Hall–Kier alpha value is -3.38. The van der Waals surface area contributed by atoms with Gasteiger partial charge in [0, 0.05) is 37.8 Å². The third kappa shape index (κ3) is 5.83. The lowest BCUT2D eigenvalue weighted by atomic mass is 10.2. The second kappa shape index (κ2) is 9.62. The van der Waals surface area contributed by atoms with Crippen LogP contribution in [-0.4, -0.2) is 70.0 Å². The van der Waals surface area contributed by atoms with E-state index in [0.29, 0.717) is 13.1 Å². The second-order valence-corrected chi connectivity index (χ2v) is 7.53. The number of amides is 1. The number of hydrogen-bond acceptors (Lipinski definition) is 9. The average molecular weight is 432 g/mol. The lowest BCUT2D eigenvalue weighted by Crippen LogP contribution is -2.52. The molecule has 0 radical (unpaired) electrons. The van der Waals surface area contributed by atoms with Gasteiger partial charge < -0.3 is 15.5 Å². The van der Waals surface area contributed by atoms with Gasteiger partial charge in [0.1, 0.15) is 12.0 Å². The van der Waals surface area contributed by atoms with Gasteiger partial charge in [-0.2, -0.15) is 4.98 Å². The van der Waals surface area contributed by atoms with Crippen molar-refractivity contribution in [1.29, 1.82) is 0 Å². The fourth-order valence-corrected chi connectivity index (χ4v) is 2.95. The van der Waals surface area contributed by atoms with Crippen LogP contribution in [0, 0.1) is 15.9 Å². The molecular weight excluding hydrogens is 407 g/mol. The number of aromatic nitrogens is 2. The molecule has 0 unspecified atom stereocenters. The highest BCUT2D eigenvalue weighted by Crippen LogP contribution is 2.25. The first-order valence-corrected chi connectivity index (χ1v) is 9.82. The van der Waals surface area contributed by atoms with E-state index in [1.807, 2.05) is 20.9 Å². The number of nitrogens with zero attached hydrogens (tertiary/aromatic N) is 5. The normalized spacial score (nSPS) is 15.0. The molecule has 1 fully saturated rings. The lowest BCUT2D eigenvalue weighted by Gasteiger charge is -2.32. The quantitative estimate of drug-likeness (QED) is 0.444. The molecule has 12 heteroatoms. The summed E-state index contributed by atoms with van der Waals surface area (Å²) in [4.78, 5) is 33.1. The fraction of sp³-hybridized carbons (Fsp3) is 0.421. The van der Waals surface area contributed by atoms with Crippen molar-refractivity contribution in [2.45, 2.75) is 19.9 Å². The molecule has 2 heterocycles. The Morgan fingerprint density at radius 2 is 1.97 bits per heavy atom. The summed E-state index contributed by atoms with van der Waals surface area (Å²) in [5.74, 6) is -1.06. The van der Waals surface area contributed by atoms with Gasteiger partial charge in [-0.1, -0.05) is 0 Å². The van der Waals surface area contributed by atoms with Gasteiger partial charge in [0.15, 0.2) is 0 Å². The number of anilines is 3. The zero-order valence-electron chi connectivity index (χ0n) is 17.6. The lowest BCUT2D eigenvalue weighted by molar-refractivity contribution is -0.384. The van der Waals surface area contributed by atoms with E-state index in [0.717, 1.165) is 25.4 Å². The summed E-state index contributed by atoms with van der Waals surface area (Å²) in [6, 6.07) is 3.90. The molecule has 166 valence electrons. The van der Waals surface area contributed by atoms with E-state index in [1.165, 1.54) is 12.1 Å². The molecule has 1 aromatic heterocycles. The van der Waals surface area contributed by atoms with Crippen molar-refractivity contribution in [1.82, 2.24) is 25.3 Å². The summed E-state index contributed by atoms with van der Waals surface area (Å²) < 4.78 is 14.6. The molecule has 0 atom stereocenters. The molecule has 1 aliphatic heterocycles. The number of hydrogen-bond donors (Lipinski definition) is 3. The van der Waals surface area contributed by atoms with Crippen molar-refractivity contribution in [3.63, 3.8) is 0 Å². The number of benzene rings is 1. The number of nitrogens with one attached hydrogen (secondary N) is 3. The number of carbonyl (C=O) groups excluding carboxylic acids is 1. The Kier molecular flexibility index (Phi) is 6.92. The van der Waals surface area contributed by atoms with Gasteiger partial charge in [0.05, 0.1) is 10.6 Å². The molecule has 0 spiro atoms. The molecule has 1 aliphatic rings. The zero-order valence-corrected chi connectivity index (χ0v) is 17.6. The molecule has 11 nitrogen and oxygen atoms in total. The summed E-state index contributed by atoms with van der Waals surface area (Å²) in [5.41, 5.74) is 2.71. The molecule has 3 N–H and O–H groups in total. The molecule has 2 aromatic rings. The van der Waals surface area contributed by atoms with E-state index in [-0.39, 0.29) is 34.7 Å². The number of rotatable bonds is 7. The monoisotopic (exact) mass is 432 g/mol. The van der Waals surface area contributed by atoms with Gasteiger partial charge in [-0.25, -0.2) is 14.4 Å². The topological polar surface area (TPSA) is 129 Å². The maximum Gasteiger partial charge on any atom is 0.329 e. The van der Waals surface area contributed by atoms with Crippen molar-refractivity contribution >= 4 is 29.0 Å². The average Bonchev–Trinajstić information content (AvgIpc) is 2.70. The van der Waals surface area contributed by atoms with E-state index in [4.69, 9.17) is 0 Å². The van der Waals surface area contributed by atoms with Crippen LogP contribution in [0.1, 0.15) is 24.2 Å². The first kappa shape index (κ1) is 22.3. The molecular formula is C19H25FN8O3. The number of hydrazine groups is 1. The van der Waals surface area contributed by atoms with Crippen LogP contribution in [0.25, 0.3) is 0 Å². The van der Waals surface area contributed by atoms with Crippen LogP contribution in [0.15, 0.2) is 24.4 Å². The van der Waals surface area contributed by atoms with Gasteiger partial charge in [-0.15, -0.1) is 0 Å². The molecule has 1 aromatic carbocycles. The van der Waals surface area contributed by atoms with Crippen molar-refractivity contribution in [3.8, 4) is 0 Å². The maximum atomic E-state index is 14.6. The van der Waals surface area contributed by atoms with E-state index in [1.54, 1.807) is 5.01 Å². The van der Waals surface area contributed by atoms with Gasteiger partial charge in [0.2, 0.25) is 11.8 Å². The van der Waals surface area contributed by atoms with Crippen LogP contribution in [0.3, 0.4) is 0 Å². The van der Waals surface area contributed by atoms with Crippen LogP contribution in [0.5, 0.6) is 0 Å². The predicted molar refractivity (Wildman–Crippen MR) is 114 cm³/mol. The van der Waals surface area contributed by atoms with Crippen molar-refractivity contribution in [3.05, 3.63) is 45.9 Å². The SMILES string of the molecule is CC(C)Nc1nc(Nc2ccc(C(=O)NN3CCN(C)CC3)cc2F)ncc1[N+](=O)[O-]. The number of nitro groups is 1. The Bertz CT molecular complexity index is 963. The number of halogens is 1. The number of likely N-dealkylation sites (N-methyl/N-ethyl adjacent to an activating group) is 1. The van der Waals surface area contributed by atoms with E-state index in [9.17, 15) is 19.3 Å². The summed E-state index contributed by atoms with van der Waals surface area (Å²) >= 11 is 0. The number of piperazine rings is 1. The van der Waals surface area contributed by atoms with Crippen molar-refractivity contribution in [2.75, 3.05) is 43.9 Å². The molecule has 1 amide bonds. The van der Waals surface area contributed by atoms with Gasteiger partial charge in [-0.3, -0.25) is 20.3 Å². The first-order valence-electron chi connectivity index (χ1n) is 9.82. The molecule has 3 rings (SSSR count). The fourth-order valence-electron chi connectivity index (χ4n) is 2.95. The zero-order chi connectivity index (χ0) is 22.5. The Morgan fingerprint density at radius 1 is 1.26 bits per heavy atom. The highest BCUT2D eigenvalue weighted by atomic mass is 19.1. The molecule has 31 heavy (non-hydrogen) atoms. The third-order valence-electron chi connectivity index (χ3n) is 4.63. The summed E-state index contributed by atoms with van der Waals surface area (Å²) in [6.07, 6.45) is 1.05. The van der Waals surface area contributed by atoms with Crippen LogP contribution in [0.4, 0.5) is 27.5 Å².